The first-order valence-corrected chi connectivity index (χ1v) is 6.89. The first-order valence-electron chi connectivity index (χ1n) is 6.89. The summed E-state index contributed by atoms with van der Waals surface area (Å²) in [5, 5.41) is 20.3. The number of likely N-dealkylation sites (tertiary alicyclic amines) is 1. The van der Waals surface area contributed by atoms with Gasteiger partial charge >= 0.3 is 11.9 Å². The van der Waals surface area contributed by atoms with E-state index in [0.29, 0.717) is 19.4 Å². The van der Waals surface area contributed by atoms with E-state index < -0.39 is 47.7 Å². The maximum Gasteiger partial charge on any atom is 0.326 e. The molecular weight excluding hydrogens is 280 g/mol. The van der Waals surface area contributed by atoms with Gasteiger partial charge in [0, 0.05) is 6.54 Å². The number of hydrogen-bond acceptors (Lipinski definition) is 4. The van der Waals surface area contributed by atoms with Gasteiger partial charge in [-0.3, -0.25) is 14.4 Å². The van der Waals surface area contributed by atoms with Crippen molar-refractivity contribution >= 4 is 23.8 Å². The maximum atomic E-state index is 12.2. The molecule has 21 heavy (non-hydrogen) atoms. The molecule has 1 aliphatic carbocycles. The van der Waals surface area contributed by atoms with Crippen LogP contribution in [-0.4, -0.2) is 57.5 Å². The Hall–Kier alpha value is -2.12. The second kappa shape index (κ2) is 5.71. The lowest BCUT2D eigenvalue weighted by Crippen LogP contribution is -2.50. The van der Waals surface area contributed by atoms with Crippen LogP contribution in [0.15, 0.2) is 0 Å². The summed E-state index contributed by atoms with van der Waals surface area (Å²) in [6.45, 7) is 1.84. The van der Waals surface area contributed by atoms with E-state index in [2.05, 4.69) is 5.32 Å². The van der Waals surface area contributed by atoms with Crippen molar-refractivity contribution in [2.24, 2.45) is 11.8 Å². The molecule has 2 fully saturated rings. The van der Waals surface area contributed by atoms with Gasteiger partial charge in [-0.05, 0) is 26.2 Å². The largest absolute Gasteiger partial charge is 0.481 e. The molecule has 0 aromatic rings. The summed E-state index contributed by atoms with van der Waals surface area (Å²) in [6, 6.07) is -1.70. The zero-order valence-electron chi connectivity index (χ0n) is 11.6. The number of rotatable bonds is 5. The maximum absolute atomic E-state index is 12.2. The van der Waals surface area contributed by atoms with Crippen LogP contribution in [0.2, 0.25) is 0 Å². The summed E-state index contributed by atoms with van der Waals surface area (Å²) in [6.07, 6.45) is 1.31. The summed E-state index contributed by atoms with van der Waals surface area (Å²) in [5.41, 5.74) is 0. The molecule has 1 heterocycles. The van der Waals surface area contributed by atoms with Crippen molar-refractivity contribution in [1.29, 1.82) is 0 Å². The third kappa shape index (κ3) is 3.14. The third-order valence-electron chi connectivity index (χ3n) is 3.99. The average Bonchev–Trinajstić information content (AvgIpc) is 3.07. The van der Waals surface area contributed by atoms with Gasteiger partial charge in [-0.15, -0.1) is 0 Å². The topological polar surface area (TPSA) is 124 Å². The molecule has 2 aliphatic rings. The molecule has 1 aliphatic heterocycles. The standard InChI is InChI=1S/C13H18N2O6/c1-6(14-10(16)7-5-8(7)12(18)19)11(17)15-4-2-3-9(15)13(20)21/h6-9H,2-5H2,1H3,(H,14,16)(H,18,19)(H,20,21)/t6-,7+,8+,9-/m0/s1. The minimum Gasteiger partial charge on any atom is -0.481 e. The number of amides is 2. The van der Waals surface area contributed by atoms with Crippen LogP contribution in [0, 0.1) is 11.8 Å². The number of carbonyl (C=O) groups excluding carboxylic acids is 2. The van der Waals surface area contributed by atoms with Gasteiger partial charge < -0.3 is 20.4 Å². The minimum atomic E-state index is -1.05. The summed E-state index contributed by atoms with van der Waals surface area (Å²) in [5.74, 6) is -4.24. The molecule has 0 bridgehead atoms. The zero-order valence-corrected chi connectivity index (χ0v) is 11.6. The first kappa shape index (κ1) is 15.3. The minimum absolute atomic E-state index is 0.281. The molecule has 8 heteroatoms. The van der Waals surface area contributed by atoms with Crippen LogP contribution >= 0.6 is 0 Å². The normalized spacial score (nSPS) is 28.8. The SMILES string of the molecule is C[C@H](NC(=O)[C@@H]1C[C@H]1C(=O)O)C(=O)N1CCC[C@H]1C(=O)O. The molecule has 1 saturated heterocycles. The number of carboxylic acids is 2. The summed E-state index contributed by atoms with van der Waals surface area (Å²) >= 11 is 0. The summed E-state index contributed by atoms with van der Waals surface area (Å²) in [7, 11) is 0. The molecule has 0 unspecified atom stereocenters. The zero-order chi connectivity index (χ0) is 15.7. The van der Waals surface area contributed by atoms with Crippen molar-refractivity contribution in [2.45, 2.75) is 38.3 Å². The Morgan fingerprint density at radius 1 is 1.14 bits per heavy atom. The van der Waals surface area contributed by atoms with Gasteiger partial charge in [-0.25, -0.2) is 4.79 Å². The van der Waals surface area contributed by atoms with Gasteiger partial charge in [0.05, 0.1) is 11.8 Å². The molecule has 116 valence electrons. The number of carbonyl (C=O) groups is 4. The van der Waals surface area contributed by atoms with Crippen molar-refractivity contribution in [3.63, 3.8) is 0 Å². The van der Waals surface area contributed by atoms with Crippen LogP contribution in [0.25, 0.3) is 0 Å². The quantitative estimate of drug-likeness (QED) is 0.616. The van der Waals surface area contributed by atoms with E-state index in [1.807, 2.05) is 0 Å². The summed E-state index contributed by atoms with van der Waals surface area (Å²) in [4.78, 5) is 47.0. The van der Waals surface area contributed by atoms with Crippen molar-refractivity contribution in [1.82, 2.24) is 10.2 Å². The Labute approximate surface area is 121 Å². The molecule has 1 saturated carbocycles. The van der Waals surface area contributed by atoms with Gasteiger partial charge in [-0.1, -0.05) is 0 Å². The average molecular weight is 298 g/mol. The molecule has 0 radical (unpaired) electrons. The third-order valence-corrected chi connectivity index (χ3v) is 3.99. The van der Waals surface area contributed by atoms with E-state index in [-0.39, 0.29) is 6.42 Å². The van der Waals surface area contributed by atoms with Crippen molar-refractivity contribution in [3.8, 4) is 0 Å². The first-order chi connectivity index (χ1) is 9.82. The predicted molar refractivity (Wildman–Crippen MR) is 69.2 cm³/mol. The number of aliphatic carboxylic acids is 2. The lowest BCUT2D eigenvalue weighted by molar-refractivity contribution is -0.149. The summed E-state index contributed by atoms with van der Waals surface area (Å²) < 4.78 is 0. The van der Waals surface area contributed by atoms with E-state index in [4.69, 9.17) is 10.2 Å². The van der Waals surface area contributed by atoms with Crippen molar-refractivity contribution in [3.05, 3.63) is 0 Å². The van der Waals surface area contributed by atoms with Gasteiger partial charge in [0.15, 0.2) is 0 Å². The molecule has 8 nitrogen and oxygen atoms in total. The molecular formula is C13H18N2O6. The number of nitrogens with zero attached hydrogens (tertiary/aromatic N) is 1. The fourth-order valence-electron chi connectivity index (χ4n) is 2.68. The number of hydrogen-bond donors (Lipinski definition) is 3. The van der Waals surface area contributed by atoms with Crippen LogP contribution in [0.5, 0.6) is 0 Å². The van der Waals surface area contributed by atoms with Crippen LogP contribution in [0.1, 0.15) is 26.2 Å². The highest BCUT2D eigenvalue weighted by Gasteiger charge is 2.49. The van der Waals surface area contributed by atoms with E-state index >= 15 is 0 Å². The number of carboxylic acid groups (broad SMARTS) is 2. The fourth-order valence-corrected chi connectivity index (χ4v) is 2.68. The van der Waals surface area contributed by atoms with Gasteiger partial charge in [0.2, 0.25) is 11.8 Å². The van der Waals surface area contributed by atoms with Gasteiger partial charge in [0.1, 0.15) is 12.1 Å². The second-order valence-corrected chi connectivity index (χ2v) is 5.55. The van der Waals surface area contributed by atoms with E-state index in [1.165, 1.54) is 11.8 Å². The fraction of sp³-hybridized carbons (Fsp3) is 0.692. The molecule has 4 atom stereocenters. The Morgan fingerprint density at radius 2 is 1.81 bits per heavy atom. The number of nitrogens with one attached hydrogen (secondary N) is 1. The van der Waals surface area contributed by atoms with Gasteiger partial charge in [0.25, 0.3) is 0 Å². The van der Waals surface area contributed by atoms with Gasteiger partial charge in [-0.2, -0.15) is 0 Å². The smallest absolute Gasteiger partial charge is 0.326 e. The Kier molecular flexibility index (Phi) is 4.15. The molecule has 0 aromatic heterocycles. The van der Waals surface area contributed by atoms with E-state index in [0.717, 1.165) is 0 Å². The molecule has 3 N–H and O–H groups in total. The molecule has 2 amide bonds. The van der Waals surface area contributed by atoms with E-state index in [9.17, 15) is 19.2 Å². The van der Waals surface area contributed by atoms with Crippen LogP contribution < -0.4 is 5.32 Å². The van der Waals surface area contributed by atoms with Crippen LogP contribution in [0.4, 0.5) is 0 Å². The Morgan fingerprint density at radius 3 is 2.33 bits per heavy atom. The highest BCUT2D eigenvalue weighted by Crippen LogP contribution is 2.38. The van der Waals surface area contributed by atoms with Crippen LogP contribution in [-0.2, 0) is 19.2 Å². The monoisotopic (exact) mass is 298 g/mol. The lowest BCUT2D eigenvalue weighted by Gasteiger charge is -2.25. The molecule has 0 aromatic carbocycles. The second-order valence-electron chi connectivity index (χ2n) is 5.55. The molecule has 2 rings (SSSR count). The van der Waals surface area contributed by atoms with E-state index in [1.54, 1.807) is 0 Å². The lowest BCUT2D eigenvalue weighted by atomic mass is 10.2. The highest BCUT2D eigenvalue weighted by molar-refractivity contribution is 5.94. The van der Waals surface area contributed by atoms with Crippen molar-refractivity contribution in [2.75, 3.05) is 6.54 Å². The van der Waals surface area contributed by atoms with Crippen LogP contribution in [0.3, 0.4) is 0 Å². The predicted octanol–water partition coefficient (Wildman–Crippen LogP) is -0.713. The Bertz CT molecular complexity index is 491. The van der Waals surface area contributed by atoms with Crippen molar-refractivity contribution < 1.29 is 29.4 Å². The highest BCUT2D eigenvalue weighted by atomic mass is 16.4. The molecule has 0 spiro atoms. The Balaban J connectivity index is 1.90.